The summed E-state index contributed by atoms with van der Waals surface area (Å²) in [7, 11) is 0. The predicted octanol–water partition coefficient (Wildman–Crippen LogP) is 3.43. The Morgan fingerprint density at radius 1 is 1.35 bits per heavy atom. The van der Waals surface area contributed by atoms with E-state index in [9.17, 15) is 5.11 Å². The van der Waals surface area contributed by atoms with E-state index in [0.717, 1.165) is 0 Å². The van der Waals surface area contributed by atoms with Crippen molar-refractivity contribution in [1.29, 1.82) is 0 Å². The molecule has 1 N–H and O–H groups in total. The number of nitrogens with zero attached hydrogens (tertiary/aromatic N) is 1. The Bertz CT molecular complexity index is 415. The monoisotopic (exact) mass is 231 g/mol. The molecule has 1 saturated heterocycles. The third kappa shape index (κ3) is 1.85. The first-order valence-corrected chi connectivity index (χ1v) is 6.86. The number of hydrogen-bond acceptors (Lipinski definition) is 2. The first-order chi connectivity index (χ1) is 8.29. The number of fused-ring (bicyclic) bond motifs is 5. The van der Waals surface area contributed by atoms with Crippen molar-refractivity contribution >= 4 is 0 Å². The van der Waals surface area contributed by atoms with Crippen LogP contribution < -0.4 is 0 Å². The van der Waals surface area contributed by atoms with E-state index in [1.54, 1.807) is 0 Å². The maximum Gasteiger partial charge on any atom is 0.115 e. The van der Waals surface area contributed by atoms with E-state index in [-0.39, 0.29) is 0 Å². The van der Waals surface area contributed by atoms with Crippen LogP contribution >= 0.6 is 0 Å². The summed E-state index contributed by atoms with van der Waals surface area (Å²) in [6.07, 6.45) is 5.08. The van der Waals surface area contributed by atoms with Crippen molar-refractivity contribution in [2.24, 2.45) is 0 Å². The fraction of sp³-hybridized carbons (Fsp3) is 0.600. The molecule has 1 aliphatic heterocycles. The lowest BCUT2D eigenvalue weighted by atomic mass is 9.96. The van der Waals surface area contributed by atoms with Crippen LogP contribution in [0.1, 0.15) is 55.7 Å². The van der Waals surface area contributed by atoms with Crippen molar-refractivity contribution in [1.82, 2.24) is 4.90 Å². The van der Waals surface area contributed by atoms with Gasteiger partial charge in [-0.25, -0.2) is 0 Å². The second kappa shape index (κ2) is 4.34. The highest BCUT2D eigenvalue weighted by Gasteiger charge is 2.36. The van der Waals surface area contributed by atoms with Gasteiger partial charge < -0.3 is 5.11 Å². The van der Waals surface area contributed by atoms with Crippen LogP contribution in [-0.2, 0) is 0 Å². The Morgan fingerprint density at radius 2 is 2.24 bits per heavy atom. The van der Waals surface area contributed by atoms with Crippen LogP contribution in [0, 0.1) is 0 Å². The summed E-state index contributed by atoms with van der Waals surface area (Å²) in [5.74, 6) is 1.11. The van der Waals surface area contributed by atoms with Crippen LogP contribution in [0.15, 0.2) is 18.2 Å². The SMILES string of the molecule is CCCN1CCCC2CC1c1ccc(O)cc12. The molecule has 1 aromatic rings. The third-order valence-electron chi connectivity index (χ3n) is 4.33. The first-order valence-electron chi connectivity index (χ1n) is 6.86. The fourth-order valence-corrected chi connectivity index (χ4v) is 3.61. The van der Waals surface area contributed by atoms with Crippen LogP contribution in [0.2, 0.25) is 0 Å². The van der Waals surface area contributed by atoms with Gasteiger partial charge >= 0.3 is 0 Å². The second-order valence-electron chi connectivity index (χ2n) is 5.44. The molecule has 3 rings (SSSR count). The van der Waals surface area contributed by atoms with Crippen molar-refractivity contribution < 1.29 is 5.11 Å². The van der Waals surface area contributed by atoms with Crippen LogP contribution in [0.4, 0.5) is 0 Å². The smallest absolute Gasteiger partial charge is 0.115 e. The number of phenolic OH excluding ortho intramolecular Hbond substituents is 1. The fourth-order valence-electron chi connectivity index (χ4n) is 3.61. The second-order valence-corrected chi connectivity index (χ2v) is 5.44. The van der Waals surface area contributed by atoms with Gasteiger partial charge in [-0.05, 0) is 68.0 Å². The molecule has 2 heteroatoms. The van der Waals surface area contributed by atoms with Gasteiger partial charge in [0.05, 0.1) is 0 Å². The number of benzene rings is 1. The minimum atomic E-state index is 0.428. The molecule has 1 aromatic carbocycles. The van der Waals surface area contributed by atoms with Gasteiger partial charge in [0.25, 0.3) is 0 Å². The van der Waals surface area contributed by atoms with Gasteiger partial charge in [0, 0.05) is 6.04 Å². The largest absolute Gasteiger partial charge is 0.508 e. The molecule has 2 bridgehead atoms. The number of aromatic hydroxyl groups is 1. The summed E-state index contributed by atoms with van der Waals surface area (Å²) in [5, 5.41) is 9.64. The molecule has 1 fully saturated rings. The molecular weight excluding hydrogens is 210 g/mol. The third-order valence-corrected chi connectivity index (χ3v) is 4.33. The normalized spacial score (nSPS) is 27.8. The van der Waals surface area contributed by atoms with Crippen LogP contribution in [0.5, 0.6) is 5.75 Å². The number of likely N-dealkylation sites (tertiary alicyclic amines) is 1. The summed E-state index contributed by atoms with van der Waals surface area (Å²) < 4.78 is 0. The van der Waals surface area contributed by atoms with E-state index in [0.29, 0.717) is 17.7 Å². The van der Waals surface area contributed by atoms with Gasteiger partial charge in [0.2, 0.25) is 0 Å². The molecule has 0 spiro atoms. The van der Waals surface area contributed by atoms with Crippen LogP contribution in [0.25, 0.3) is 0 Å². The van der Waals surface area contributed by atoms with E-state index < -0.39 is 0 Å². The quantitative estimate of drug-likeness (QED) is 0.843. The average molecular weight is 231 g/mol. The first kappa shape index (κ1) is 11.1. The molecule has 92 valence electrons. The highest BCUT2D eigenvalue weighted by Crippen LogP contribution is 2.48. The molecule has 2 atom stereocenters. The van der Waals surface area contributed by atoms with Gasteiger partial charge in [-0.2, -0.15) is 0 Å². The summed E-state index contributed by atoms with van der Waals surface area (Å²) in [6, 6.07) is 6.59. The zero-order valence-electron chi connectivity index (χ0n) is 10.5. The summed E-state index contributed by atoms with van der Waals surface area (Å²) in [6.45, 7) is 4.71. The van der Waals surface area contributed by atoms with Gasteiger partial charge in [0.15, 0.2) is 0 Å². The molecule has 0 aromatic heterocycles. The van der Waals surface area contributed by atoms with Crippen molar-refractivity contribution in [3.8, 4) is 5.75 Å². The van der Waals surface area contributed by atoms with Crippen molar-refractivity contribution in [3.05, 3.63) is 29.3 Å². The van der Waals surface area contributed by atoms with Crippen molar-refractivity contribution in [3.63, 3.8) is 0 Å². The van der Waals surface area contributed by atoms with E-state index in [4.69, 9.17) is 0 Å². The van der Waals surface area contributed by atoms with Crippen molar-refractivity contribution in [2.75, 3.05) is 13.1 Å². The highest BCUT2D eigenvalue weighted by molar-refractivity contribution is 5.43. The lowest BCUT2D eigenvalue weighted by Gasteiger charge is -2.28. The number of rotatable bonds is 2. The molecule has 0 saturated carbocycles. The average Bonchev–Trinajstić information content (AvgIpc) is 2.52. The zero-order valence-corrected chi connectivity index (χ0v) is 10.5. The van der Waals surface area contributed by atoms with Gasteiger partial charge in [0.1, 0.15) is 5.75 Å². The lowest BCUT2D eigenvalue weighted by molar-refractivity contribution is 0.207. The van der Waals surface area contributed by atoms with E-state index in [1.165, 1.54) is 49.9 Å². The Labute approximate surface area is 103 Å². The Hall–Kier alpha value is -1.02. The molecule has 2 aliphatic rings. The molecule has 1 heterocycles. The molecule has 17 heavy (non-hydrogen) atoms. The summed E-state index contributed by atoms with van der Waals surface area (Å²) >= 11 is 0. The Morgan fingerprint density at radius 3 is 3.06 bits per heavy atom. The maximum atomic E-state index is 9.64. The van der Waals surface area contributed by atoms with Gasteiger partial charge in [-0.15, -0.1) is 0 Å². The van der Waals surface area contributed by atoms with E-state index in [2.05, 4.69) is 17.9 Å². The maximum absolute atomic E-state index is 9.64. The molecule has 2 unspecified atom stereocenters. The summed E-state index contributed by atoms with van der Waals surface area (Å²) in [5.41, 5.74) is 2.89. The van der Waals surface area contributed by atoms with Gasteiger partial charge in [-0.3, -0.25) is 4.90 Å². The molecule has 0 radical (unpaired) electrons. The predicted molar refractivity (Wildman–Crippen MR) is 69.3 cm³/mol. The highest BCUT2D eigenvalue weighted by atomic mass is 16.3. The standard InChI is InChI=1S/C15H21NO/c1-2-7-16-8-3-4-11-9-15(16)13-6-5-12(17)10-14(11)13/h5-6,10-11,15,17H,2-4,7-9H2,1H3. The minimum Gasteiger partial charge on any atom is -0.508 e. The van der Waals surface area contributed by atoms with Gasteiger partial charge in [-0.1, -0.05) is 13.0 Å². The molecule has 0 amide bonds. The van der Waals surface area contributed by atoms with Crippen LogP contribution in [-0.4, -0.2) is 23.1 Å². The minimum absolute atomic E-state index is 0.428. The topological polar surface area (TPSA) is 23.5 Å². The Kier molecular flexibility index (Phi) is 2.83. The zero-order chi connectivity index (χ0) is 11.8. The van der Waals surface area contributed by atoms with Crippen LogP contribution in [0.3, 0.4) is 0 Å². The Balaban J connectivity index is 1.98. The summed E-state index contributed by atoms with van der Waals surface area (Å²) in [4.78, 5) is 2.64. The number of phenols is 1. The molecular formula is C15H21NO. The van der Waals surface area contributed by atoms with E-state index in [1.807, 2.05) is 12.1 Å². The molecule has 2 nitrogen and oxygen atoms in total. The van der Waals surface area contributed by atoms with Crippen molar-refractivity contribution in [2.45, 2.75) is 44.6 Å². The van der Waals surface area contributed by atoms with E-state index >= 15 is 0 Å². The number of hydrogen-bond donors (Lipinski definition) is 1. The lowest BCUT2D eigenvalue weighted by Crippen LogP contribution is -2.28. The molecule has 1 aliphatic carbocycles.